The van der Waals surface area contributed by atoms with Crippen LogP contribution in [0.1, 0.15) is 31.7 Å². The molecule has 1 atom stereocenters. The number of nitrogens with zero attached hydrogens (tertiary/aromatic N) is 2. The first-order valence-electron chi connectivity index (χ1n) is 6.79. The summed E-state index contributed by atoms with van der Waals surface area (Å²) in [5, 5.41) is 20.7. The Hall–Kier alpha value is -2.18. The zero-order valence-electron chi connectivity index (χ0n) is 11.9. The van der Waals surface area contributed by atoms with Crippen LogP contribution in [0.5, 0.6) is 0 Å². The van der Waals surface area contributed by atoms with Crippen molar-refractivity contribution in [3.05, 3.63) is 33.6 Å². The van der Waals surface area contributed by atoms with E-state index >= 15 is 0 Å². The van der Waals surface area contributed by atoms with Gasteiger partial charge in [0.15, 0.2) is 0 Å². The van der Waals surface area contributed by atoms with Gasteiger partial charge in [0.2, 0.25) is 0 Å². The number of benzene rings is 1. The third-order valence-electron chi connectivity index (χ3n) is 4.22. The van der Waals surface area contributed by atoms with Gasteiger partial charge in [-0.3, -0.25) is 10.1 Å². The Labute approximate surface area is 121 Å². The predicted octanol–water partition coefficient (Wildman–Crippen LogP) is 2.88. The van der Waals surface area contributed by atoms with Crippen LogP contribution in [0, 0.1) is 22.9 Å². The molecule has 1 aromatic carbocycles. The molecule has 1 unspecified atom stereocenters. The lowest BCUT2D eigenvalue weighted by molar-refractivity contribution is -0.384. The van der Waals surface area contributed by atoms with Crippen molar-refractivity contribution in [2.75, 3.05) is 11.4 Å². The van der Waals surface area contributed by atoms with Crippen molar-refractivity contribution in [1.29, 1.82) is 0 Å². The number of carbonyl (C=O) groups is 1. The number of aliphatic carboxylic acids is 1. The van der Waals surface area contributed by atoms with E-state index in [4.69, 9.17) is 0 Å². The molecule has 0 bridgehead atoms. The molecule has 0 aliphatic carbocycles. The van der Waals surface area contributed by atoms with Crippen molar-refractivity contribution in [3.63, 3.8) is 0 Å². The molecule has 21 heavy (non-hydrogen) atoms. The summed E-state index contributed by atoms with van der Waals surface area (Å²) < 4.78 is 13.6. The molecule has 6 nitrogen and oxygen atoms in total. The monoisotopic (exact) mass is 296 g/mol. The van der Waals surface area contributed by atoms with E-state index in [1.54, 1.807) is 11.8 Å². The first-order valence-corrected chi connectivity index (χ1v) is 6.79. The molecule has 1 aliphatic rings. The van der Waals surface area contributed by atoms with Crippen molar-refractivity contribution in [2.24, 2.45) is 0 Å². The third kappa shape index (κ3) is 2.32. The van der Waals surface area contributed by atoms with Crippen molar-refractivity contribution < 1.29 is 19.2 Å². The van der Waals surface area contributed by atoms with Crippen molar-refractivity contribution >= 4 is 17.3 Å². The molecule has 1 N–H and O–H groups in total. The summed E-state index contributed by atoms with van der Waals surface area (Å²) in [6.45, 7) is 3.66. The van der Waals surface area contributed by atoms with Gasteiger partial charge in [-0.1, -0.05) is 6.92 Å². The molecule has 0 aromatic heterocycles. The van der Waals surface area contributed by atoms with Gasteiger partial charge in [-0.15, -0.1) is 0 Å². The van der Waals surface area contributed by atoms with Gasteiger partial charge in [0.1, 0.15) is 17.0 Å². The minimum Gasteiger partial charge on any atom is -0.479 e. The maximum Gasteiger partial charge on any atom is 0.329 e. The van der Waals surface area contributed by atoms with Crippen LogP contribution in [0.4, 0.5) is 15.8 Å². The fourth-order valence-corrected chi connectivity index (χ4v) is 2.99. The third-order valence-corrected chi connectivity index (χ3v) is 4.22. The average Bonchev–Trinajstić information content (AvgIpc) is 2.86. The van der Waals surface area contributed by atoms with Gasteiger partial charge in [0.05, 0.1) is 11.0 Å². The van der Waals surface area contributed by atoms with Gasteiger partial charge in [0.25, 0.3) is 5.69 Å². The van der Waals surface area contributed by atoms with Crippen molar-refractivity contribution in [1.82, 2.24) is 0 Å². The van der Waals surface area contributed by atoms with Crippen LogP contribution in [0.25, 0.3) is 0 Å². The topological polar surface area (TPSA) is 83.7 Å². The Kier molecular flexibility index (Phi) is 3.85. The van der Waals surface area contributed by atoms with Gasteiger partial charge < -0.3 is 10.0 Å². The summed E-state index contributed by atoms with van der Waals surface area (Å²) in [5.74, 6) is -1.67. The Bertz CT molecular complexity index is 605. The first-order chi connectivity index (χ1) is 9.83. The Morgan fingerprint density at radius 1 is 1.57 bits per heavy atom. The summed E-state index contributed by atoms with van der Waals surface area (Å²) in [7, 11) is 0. The SMILES string of the molecule is CCC1(C(=O)O)CCCN1c1cc(C)c(F)cc1[N+](=O)[O-]. The number of nitro benzene ring substituents is 1. The minimum absolute atomic E-state index is 0.181. The number of anilines is 1. The highest BCUT2D eigenvalue weighted by Gasteiger charge is 2.48. The molecular weight excluding hydrogens is 279 g/mol. The van der Waals surface area contributed by atoms with Gasteiger partial charge in [-0.25, -0.2) is 9.18 Å². The second-order valence-electron chi connectivity index (χ2n) is 5.29. The van der Waals surface area contributed by atoms with Crippen LogP contribution >= 0.6 is 0 Å². The summed E-state index contributed by atoms with van der Waals surface area (Å²) in [5.41, 5.74) is -1.10. The van der Waals surface area contributed by atoms with Gasteiger partial charge in [-0.2, -0.15) is 0 Å². The lowest BCUT2D eigenvalue weighted by atomic mass is 9.92. The molecule has 1 aliphatic heterocycles. The van der Waals surface area contributed by atoms with Crippen LogP contribution in [-0.2, 0) is 4.79 Å². The molecule has 1 aromatic rings. The number of nitro groups is 1. The van der Waals surface area contributed by atoms with Gasteiger partial charge >= 0.3 is 5.97 Å². The maximum atomic E-state index is 13.6. The number of aryl methyl sites for hydroxylation is 1. The van der Waals surface area contributed by atoms with E-state index in [1.165, 1.54) is 13.0 Å². The highest BCUT2D eigenvalue weighted by molar-refractivity contribution is 5.86. The first kappa shape index (κ1) is 15.2. The Morgan fingerprint density at radius 2 is 2.24 bits per heavy atom. The van der Waals surface area contributed by atoms with Crippen molar-refractivity contribution in [3.8, 4) is 0 Å². The Morgan fingerprint density at radius 3 is 2.76 bits per heavy atom. The lowest BCUT2D eigenvalue weighted by Crippen LogP contribution is -2.50. The van der Waals surface area contributed by atoms with Crippen molar-refractivity contribution in [2.45, 2.75) is 38.6 Å². The van der Waals surface area contributed by atoms with Crippen LogP contribution < -0.4 is 4.90 Å². The van der Waals surface area contributed by atoms with Gasteiger partial charge in [-0.05, 0) is 37.8 Å². The van der Waals surface area contributed by atoms with Gasteiger partial charge in [0, 0.05) is 6.54 Å². The fraction of sp³-hybridized carbons (Fsp3) is 0.500. The quantitative estimate of drug-likeness (QED) is 0.682. The number of halogens is 1. The molecular formula is C14H17FN2O4. The zero-order chi connectivity index (χ0) is 15.8. The van der Waals surface area contributed by atoms with Crippen LogP contribution in [-0.4, -0.2) is 28.1 Å². The van der Waals surface area contributed by atoms with E-state index in [0.717, 1.165) is 6.07 Å². The van der Waals surface area contributed by atoms with E-state index in [0.29, 0.717) is 25.8 Å². The predicted molar refractivity (Wildman–Crippen MR) is 75.0 cm³/mol. The number of carboxylic acids is 1. The second kappa shape index (κ2) is 5.31. The highest BCUT2D eigenvalue weighted by Crippen LogP contribution is 2.41. The highest BCUT2D eigenvalue weighted by atomic mass is 19.1. The van der Waals surface area contributed by atoms with Crippen LogP contribution in [0.2, 0.25) is 0 Å². The van der Waals surface area contributed by atoms with Crippen LogP contribution in [0.3, 0.4) is 0 Å². The molecule has 0 radical (unpaired) electrons. The minimum atomic E-state index is -1.16. The van der Waals surface area contributed by atoms with E-state index in [2.05, 4.69) is 0 Å². The van der Waals surface area contributed by atoms with E-state index in [1.807, 2.05) is 0 Å². The Balaban J connectivity index is 2.62. The summed E-state index contributed by atoms with van der Waals surface area (Å²) in [4.78, 5) is 23.7. The standard InChI is InChI=1S/C14H17FN2O4/c1-3-14(13(18)19)5-4-6-16(14)11-7-9(2)10(15)8-12(11)17(20)21/h7-8H,3-6H2,1-2H3,(H,18,19). The van der Waals surface area contributed by atoms with E-state index in [9.17, 15) is 24.4 Å². The molecule has 0 amide bonds. The lowest BCUT2D eigenvalue weighted by Gasteiger charge is -2.35. The van der Waals surface area contributed by atoms with E-state index < -0.39 is 22.2 Å². The normalized spacial score (nSPS) is 21.6. The van der Waals surface area contributed by atoms with Crippen LogP contribution in [0.15, 0.2) is 12.1 Å². The number of hydrogen-bond donors (Lipinski definition) is 1. The smallest absolute Gasteiger partial charge is 0.329 e. The average molecular weight is 296 g/mol. The maximum absolute atomic E-state index is 13.6. The number of hydrogen-bond acceptors (Lipinski definition) is 4. The number of rotatable bonds is 4. The molecule has 1 heterocycles. The summed E-state index contributed by atoms with van der Waals surface area (Å²) in [6.07, 6.45) is 1.38. The summed E-state index contributed by atoms with van der Waals surface area (Å²) >= 11 is 0. The molecule has 1 saturated heterocycles. The summed E-state index contributed by atoms with van der Waals surface area (Å²) in [6, 6.07) is 2.23. The molecule has 0 spiro atoms. The fourth-order valence-electron chi connectivity index (χ4n) is 2.99. The number of carboxylic acid groups (broad SMARTS) is 1. The molecule has 1 fully saturated rings. The van der Waals surface area contributed by atoms with E-state index in [-0.39, 0.29) is 16.9 Å². The zero-order valence-corrected chi connectivity index (χ0v) is 11.9. The molecule has 0 saturated carbocycles. The molecule has 2 rings (SSSR count). The molecule has 7 heteroatoms. The second-order valence-corrected chi connectivity index (χ2v) is 5.29. The largest absolute Gasteiger partial charge is 0.479 e. The molecule has 114 valence electrons.